The number of halogens is 1. The Morgan fingerprint density at radius 3 is 2.82 bits per heavy atom. The van der Waals surface area contributed by atoms with Gasteiger partial charge in [-0.25, -0.2) is 0 Å². The number of benzene rings is 1. The minimum atomic E-state index is 0.120. The molecule has 0 bridgehead atoms. The first-order chi connectivity index (χ1) is 8.18. The highest BCUT2D eigenvalue weighted by Crippen LogP contribution is 2.26. The largest absolute Gasteiger partial charge is 0.324 e. The molecule has 17 heavy (non-hydrogen) atoms. The fourth-order valence-electron chi connectivity index (χ4n) is 1.93. The summed E-state index contributed by atoms with van der Waals surface area (Å²) in [6.07, 6.45) is 2.06. The summed E-state index contributed by atoms with van der Waals surface area (Å²) in [5, 5.41) is 2.12. The van der Waals surface area contributed by atoms with Gasteiger partial charge in [-0.3, -0.25) is 0 Å². The summed E-state index contributed by atoms with van der Waals surface area (Å²) < 4.78 is 1.14. The molecular weight excluding hydrogens is 294 g/mol. The molecule has 2 rings (SSSR count). The van der Waals surface area contributed by atoms with E-state index >= 15 is 0 Å². The summed E-state index contributed by atoms with van der Waals surface area (Å²) in [6.45, 7) is 2.12. The summed E-state index contributed by atoms with van der Waals surface area (Å²) in [5.41, 5.74) is 8.77. The van der Waals surface area contributed by atoms with E-state index in [1.54, 1.807) is 11.3 Å². The zero-order valence-corrected chi connectivity index (χ0v) is 12.2. The number of hydrogen-bond acceptors (Lipinski definition) is 2. The topological polar surface area (TPSA) is 26.0 Å². The molecule has 1 heterocycles. The second-order valence-corrected chi connectivity index (χ2v) is 6.07. The van der Waals surface area contributed by atoms with E-state index < -0.39 is 0 Å². The van der Waals surface area contributed by atoms with Gasteiger partial charge in [-0.2, -0.15) is 0 Å². The first kappa shape index (κ1) is 12.8. The third-order valence-corrected chi connectivity index (χ3v) is 4.79. The van der Waals surface area contributed by atoms with Crippen LogP contribution in [-0.4, -0.2) is 0 Å². The van der Waals surface area contributed by atoms with E-state index in [0.29, 0.717) is 0 Å². The third-order valence-electron chi connectivity index (χ3n) is 2.99. The number of aryl methyl sites for hydroxylation is 1. The van der Waals surface area contributed by atoms with Gasteiger partial charge in [0, 0.05) is 15.4 Å². The lowest BCUT2D eigenvalue weighted by molar-refractivity contribution is 0.651. The van der Waals surface area contributed by atoms with Crippen molar-refractivity contribution in [2.75, 3.05) is 0 Å². The fraction of sp³-hybridized carbons (Fsp3) is 0.286. The number of nitrogens with two attached hydrogens (primary N) is 1. The van der Waals surface area contributed by atoms with Crippen LogP contribution in [0.5, 0.6) is 0 Å². The number of rotatable bonds is 4. The minimum Gasteiger partial charge on any atom is -0.324 e. The van der Waals surface area contributed by atoms with Crippen LogP contribution in [0.3, 0.4) is 0 Å². The van der Waals surface area contributed by atoms with Crippen LogP contribution >= 0.6 is 27.3 Å². The van der Waals surface area contributed by atoms with Crippen LogP contribution in [0.1, 0.15) is 28.5 Å². The molecule has 1 aromatic heterocycles. The van der Waals surface area contributed by atoms with Crippen LogP contribution in [0, 0.1) is 6.92 Å². The Kier molecular flexibility index (Phi) is 4.37. The van der Waals surface area contributed by atoms with Crippen molar-refractivity contribution in [1.82, 2.24) is 0 Å². The zero-order chi connectivity index (χ0) is 12.3. The van der Waals surface area contributed by atoms with Gasteiger partial charge in [0.25, 0.3) is 0 Å². The molecule has 0 radical (unpaired) electrons. The third kappa shape index (κ3) is 3.18. The molecule has 0 amide bonds. The molecule has 2 aromatic rings. The molecule has 2 N–H and O–H groups in total. The van der Waals surface area contributed by atoms with Gasteiger partial charge in [0.05, 0.1) is 0 Å². The van der Waals surface area contributed by atoms with Gasteiger partial charge in [0.2, 0.25) is 0 Å². The average Bonchev–Trinajstić information content (AvgIpc) is 2.82. The predicted molar refractivity (Wildman–Crippen MR) is 78.4 cm³/mol. The van der Waals surface area contributed by atoms with E-state index in [1.165, 1.54) is 16.0 Å². The summed E-state index contributed by atoms with van der Waals surface area (Å²) in [4.78, 5) is 1.41. The highest BCUT2D eigenvalue weighted by Gasteiger charge is 2.10. The minimum absolute atomic E-state index is 0.120. The first-order valence-electron chi connectivity index (χ1n) is 5.71. The zero-order valence-electron chi connectivity index (χ0n) is 9.82. The molecule has 3 heteroatoms. The lowest BCUT2D eigenvalue weighted by Crippen LogP contribution is -2.12. The molecule has 1 unspecified atom stereocenters. The molecule has 0 fully saturated rings. The fourth-order valence-corrected chi connectivity index (χ4v) is 3.04. The van der Waals surface area contributed by atoms with Gasteiger partial charge in [0.1, 0.15) is 0 Å². The quantitative estimate of drug-likeness (QED) is 0.887. The molecule has 0 saturated carbocycles. The average molecular weight is 310 g/mol. The van der Waals surface area contributed by atoms with Crippen LogP contribution < -0.4 is 5.73 Å². The van der Waals surface area contributed by atoms with Crippen molar-refractivity contribution in [3.63, 3.8) is 0 Å². The van der Waals surface area contributed by atoms with E-state index in [9.17, 15) is 0 Å². The van der Waals surface area contributed by atoms with Crippen LogP contribution in [0.25, 0.3) is 0 Å². The van der Waals surface area contributed by atoms with Crippen LogP contribution in [-0.2, 0) is 6.42 Å². The maximum Gasteiger partial charge on any atom is 0.0301 e. The lowest BCUT2D eigenvalue weighted by atomic mass is 9.98. The second-order valence-electron chi connectivity index (χ2n) is 4.18. The predicted octanol–water partition coefficient (Wildman–Crippen LogP) is 4.45. The van der Waals surface area contributed by atoms with Gasteiger partial charge in [0.15, 0.2) is 0 Å². The van der Waals surface area contributed by atoms with Gasteiger partial charge in [-0.15, -0.1) is 11.3 Å². The molecule has 0 aliphatic carbocycles. The lowest BCUT2D eigenvalue weighted by Gasteiger charge is -2.15. The van der Waals surface area contributed by atoms with Crippen molar-refractivity contribution in [2.45, 2.75) is 25.8 Å². The SMILES string of the molecule is Cc1c(Br)cccc1C(N)CCc1cccs1. The molecular formula is C14H16BrNS. The molecule has 0 aliphatic rings. The standard InChI is InChI=1S/C14H16BrNS/c1-10-12(5-2-6-13(10)15)14(16)8-7-11-4-3-9-17-11/h2-6,9,14H,7-8,16H2,1H3. The van der Waals surface area contributed by atoms with Gasteiger partial charge in [-0.05, 0) is 48.4 Å². The maximum absolute atomic E-state index is 6.27. The molecule has 0 spiro atoms. The van der Waals surface area contributed by atoms with Crippen molar-refractivity contribution in [2.24, 2.45) is 5.73 Å². The summed E-state index contributed by atoms with van der Waals surface area (Å²) >= 11 is 5.35. The Balaban J connectivity index is 2.04. The van der Waals surface area contributed by atoms with Gasteiger partial charge < -0.3 is 5.73 Å². The molecule has 1 atom stereocenters. The van der Waals surface area contributed by atoms with Gasteiger partial charge >= 0.3 is 0 Å². The van der Waals surface area contributed by atoms with Crippen molar-refractivity contribution in [3.05, 3.63) is 56.2 Å². The Bertz CT molecular complexity index is 479. The van der Waals surface area contributed by atoms with Crippen molar-refractivity contribution >= 4 is 27.3 Å². The molecule has 1 aromatic carbocycles. The molecule has 0 saturated heterocycles. The van der Waals surface area contributed by atoms with E-state index in [4.69, 9.17) is 5.73 Å². The van der Waals surface area contributed by atoms with Crippen molar-refractivity contribution in [3.8, 4) is 0 Å². The maximum atomic E-state index is 6.27. The first-order valence-corrected chi connectivity index (χ1v) is 7.38. The van der Waals surface area contributed by atoms with E-state index in [0.717, 1.165) is 17.3 Å². The number of thiophene rings is 1. The number of hydrogen-bond donors (Lipinski definition) is 1. The van der Waals surface area contributed by atoms with Gasteiger partial charge in [-0.1, -0.05) is 34.1 Å². The smallest absolute Gasteiger partial charge is 0.0301 e. The van der Waals surface area contributed by atoms with Crippen LogP contribution in [0.15, 0.2) is 40.2 Å². The van der Waals surface area contributed by atoms with Crippen LogP contribution in [0.2, 0.25) is 0 Å². The van der Waals surface area contributed by atoms with E-state index in [1.807, 2.05) is 0 Å². The molecule has 1 nitrogen and oxygen atoms in total. The van der Waals surface area contributed by atoms with Crippen molar-refractivity contribution < 1.29 is 0 Å². The monoisotopic (exact) mass is 309 g/mol. The summed E-state index contributed by atoms with van der Waals surface area (Å²) in [5.74, 6) is 0. The summed E-state index contributed by atoms with van der Waals surface area (Å²) in [7, 11) is 0. The second kappa shape index (κ2) is 5.80. The highest BCUT2D eigenvalue weighted by atomic mass is 79.9. The van der Waals surface area contributed by atoms with Crippen molar-refractivity contribution in [1.29, 1.82) is 0 Å². The van der Waals surface area contributed by atoms with E-state index in [-0.39, 0.29) is 6.04 Å². The van der Waals surface area contributed by atoms with E-state index in [2.05, 4.69) is 58.6 Å². The molecule has 90 valence electrons. The normalized spacial score (nSPS) is 12.6. The molecule has 0 aliphatic heterocycles. The van der Waals surface area contributed by atoms with Crippen LogP contribution in [0.4, 0.5) is 0 Å². The summed E-state index contributed by atoms with van der Waals surface area (Å²) in [6, 6.07) is 10.6. The Morgan fingerprint density at radius 2 is 2.12 bits per heavy atom. The Hall–Kier alpha value is -0.640. The Morgan fingerprint density at radius 1 is 1.29 bits per heavy atom. The highest BCUT2D eigenvalue weighted by molar-refractivity contribution is 9.10. The Labute approximate surface area is 115 Å².